The van der Waals surface area contributed by atoms with Gasteiger partial charge in [0.2, 0.25) is 0 Å². The lowest BCUT2D eigenvalue weighted by Crippen LogP contribution is -2.33. The number of esters is 2. The van der Waals surface area contributed by atoms with Crippen LogP contribution in [-0.4, -0.2) is 24.6 Å². The molecule has 2 unspecified atom stereocenters. The Hall–Kier alpha value is -2.10. The lowest BCUT2D eigenvalue weighted by Gasteiger charge is -2.25. The maximum Gasteiger partial charge on any atom is 0.331 e. The Morgan fingerprint density at radius 2 is 1.76 bits per heavy atom. The smallest absolute Gasteiger partial charge is 0.331 e. The van der Waals surface area contributed by atoms with Crippen molar-refractivity contribution in [3.8, 4) is 0 Å². The minimum atomic E-state index is -0.441. The van der Waals surface area contributed by atoms with Gasteiger partial charge in [0, 0.05) is 6.08 Å². The minimum absolute atomic E-state index is 0.269. The van der Waals surface area contributed by atoms with E-state index >= 15 is 0 Å². The van der Waals surface area contributed by atoms with E-state index < -0.39 is 18.0 Å². The zero-order valence-electron chi connectivity index (χ0n) is 15.6. The van der Waals surface area contributed by atoms with E-state index in [-0.39, 0.29) is 5.97 Å². The molecule has 1 rings (SSSR count). The topological polar surface area (TPSA) is 52.6 Å². The van der Waals surface area contributed by atoms with Crippen LogP contribution in [0.1, 0.15) is 58.4 Å². The van der Waals surface area contributed by atoms with Crippen molar-refractivity contribution in [2.45, 2.75) is 59.0 Å². The van der Waals surface area contributed by atoms with E-state index in [1.807, 2.05) is 37.3 Å². The van der Waals surface area contributed by atoms with Gasteiger partial charge in [-0.3, -0.25) is 4.79 Å². The number of ether oxygens (including phenoxy) is 2. The van der Waals surface area contributed by atoms with Crippen molar-refractivity contribution in [1.82, 2.24) is 0 Å². The zero-order valence-corrected chi connectivity index (χ0v) is 15.6. The number of carbonyl (C=O) groups excluding carboxylic acids is 2. The number of carbonyl (C=O) groups is 2. The first-order chi connectivity index (χ1) is 12.1. The molecule has 4 heteroatoms. The number of hydrogen-bond donors (Lipinski definition) is 0. The van der Waals surface area contributed by atoms with E-state index in [1.165, 1.54) is 6.08 Å². The first-order valence-corrected chi connectivity index (χ1v) is 9.22. The summed E-state index contributed by atoms with van der Waals surface area (Å²) in [6, 6.07) is 9.56. The normalized spacial score (nSPS) is 13.4. The van der Waals surface area contributed by atoms with E-state index in [1.54, 1.807) is 13.0 Å². The molecule has 0 fully saturated rings. The van der Waals surface area contributed by atoms with Crippen molar-refractivity contribution >= 4 is 18.0 Å². The SMILES string of the molecule is CCCCC(C(=O)OCC)C(CCC)OC(=O)/C=C/c1ccccc1. The summed E-state index contributed by atoms with van der Waals surface area (Å²) in [5, 5.41) is 0. The molecule has 138 valence electrons. The molecule has 0 bridgehead atoms. The van der Waals surface area contributed by atoms with Crippen LogP contribution in [0.4, 0.5) is 0 Å². The van der Waals surface area contributed by atoms with Gasteiger partial charge in [0.25, 0.3) is 0 Å². The predicted octanol–water partition coefficient (Wildman–Crippen LogP) is 4.78. The third-order valence-electron chi connectivity index (χ3n) is 3.96. The Morgan fingerprint density at radius 3 is 2.36 bits per heavy atom. The van der Waals surface area contributed by atoms with Crippen molar-refractivity contribution < 1.29 is 19.1 Å². The number of unbranched alkanes of at least 4 members (excludes halogenated alkanes) is 1. The molecule has 0 N–H and O–H groups in total. The fourth-order valence-electron chi connectivity index (χ4n) is 2.67. The van der Waals surface area contributed by atoms with Crippen molar-refractivity contribution in [3.05, 3.63) is 42.0 Å². The molecule has 2 atom stereocenters. The minimum Gasteiger partial charge on any atom is -0.466 e. The van der Waals surface area contributed by atoms with Crippen molar-refractivity contribution in [2.24, 2.45) is 5.92 Å². The lowest BCUT2D eigenvalue weighted by molar-refractivity contribution is -0.159. The molecule has 1 aromatic rings. The molecule has 4 nitrogen and oxygen atoms in total. The Bertz CT molecular complexity index is 536. The van der Waals surface area contributed by atoms with Gasteiger partial charge in [0.1, 0.15) is 6.10 Å². The molecule has 0 aliphatic carbocycles. The van der Waals surface area contributed by atoms with Crippen molar-refractivity contribution in [1.29, 1.82) is 0 Å². The summed E-state index contributed by atoms with van der Waals surface area (Å²) in [5.74, 6) is -1.09. The Kier molecular flexibility index (Phi) is 10.3. The van der Waals surface area contributed by atoms with Crippen LogP contribution in [0.25, 0.3) is 6.08 Å². The number of benzene rings is 1. The highest BCUT2D eigenvalue weighted by Crippen LogP contribution is 2.22. The number of hydrogen-bond acceptors (Lipinski definition) is 4. The second-order valence-electron chi connectivity index (χ2n) is 6.01. The molecular formula is C21H30O4. The van der Waals surface area contributed by atoms with E-state index in [0.29, 0.717) is 19.4 Å². The van der Waals surface area contributed by atoms with Crippen LogP contribution in [0.5, 0.6) is 0 Å². The molecule has 0 radical (unpaired) electrons. The van der Waals surface area contributed by atoms with Crippen LogP contribution in [-0.2, 0) is 19.1 Å². The van der Waals surface area contributed by atoms with Gasteiger partial charge in [-0.15, -0.1) is 0 Å². The third kappa shape index (κ3) is 8.01. The van der Waals surface area contributed by atoms with E-state index in [0.717, 1.165) is 24.8 Å². The van der Waals surface area contributed by atoms with Crippen molar-refractivity contribution in [2.75, 3.05) is 6.61 Å². The van der Waals surface area contributed by atoms with Crippen LogP contribution < -0.4 is 0 Å². The first kappa shape index (κ1) is 20.9. The Morgan fingerprint density at radius 1 is 1.04 bits per heavy atom. The highest BCUT2D eigenvalue weighted by atomic mass is 16.6. The summed E-state index contributed by atoms with van der Waals surface area (Å²) in [5.41, 5.74) is 0.930. The van der Waals surface area contributed by atoms with Gasteiger partial charge < -0.3 is 9.47 Å². The van der Waals surface area contributed by atoms with Crippen molar-refractivity contribution in [3.63, 3.8) is 0 Å². The van der Waals surface area contributed by atoms with Crippen LogP contribution in [0.3, 0.4) is 0 Å². The van der Waals surface area contributed by atoms with Gasteiger partial charge in [-0.1, -0.05) is 63.4 Å². The second-order valence-corrected chi connectivity index (χ2v) is 6.01. The molecule has 25 heavy (non-hydrogen) atoms. The summed E-state index contributed by atoms with van der Waals surface area (Å²) in [4.78, 5) is 24.5. The molecule has 0 aliphatic heterocycles. The van der Waals surface area contributed by atoms with E-state index in [2.05, 4.69) is 6.92 Å². The predicted molar refractivity (Wildman–Crippen MR) is 99.9 cm³/mol. The highest BCUT2D eigenvalue weighted by molar-refractivity contribution is 5.87. The maximum atomic E-state index is 12.3. The summed E-state index contributed by atoms with van der Waals surface area (Å²) < 4.78 is 10.8. The van der Waals surface area contributed by atoms with E-state index in [4.69, 9.17) is 9.47 Å². The van der Waals surface area contributed by atoms with Gasteiger partial charge >= 0.3 is 11.9 Å². The molecule has 0 spiro atoms. The Balaban J connectivity index is 2.78. The molecule has 0 heterocycles. The van der Waals surface area contributed by atoms with Gasteiger partial charge in [-0.2, -0.15) is 0 Å². The zero-order chi connectivity index (χ0) is 18.5. The van der Waals surface area contributed by atoms with E-state index in [9.17, 15) is 9.59 Å². The maximum absolute atomic E-state index is 12.3. The van der Waals surface area contributed by atoms with Gasteiger partial charge in [-0.05, 0) is 31.4 Å². The Labute approximate surface area is 151 Å². The molecule has 0 amide bonds. The van der Waals surface area contributed by atoms with Crippen LogP contribution in [0.15, 0.2) is 36.4 Å². The molecular weight excluding hydrogens is 316 g/mol. The molecule has 0 saturated carbocycles. The summed E-state index contributed by atoms with van der Waals surface area (Å²) >= 11 is 0. The summed E-state index contributed by atoms with van der Waals surface area (Å²) in [6.45, 7) is 6.22. The molecule has 0 aromatic heterocycles. The summed E-state index contributed by atoms with van der Waals surface area (Å²) in [7, 11) is 0. The van der Waals surface area contributed by atoms with Gasteiger partial charge in [-0.25, -0.2) is 4.79 Å². The quantitative estimate of drug-likeness (QED) is 0.427. The monoisotopic (exact) mass is 346 g/mol. The standard InChI is InChI=1S/C21H30O4/c1-4-7-14-18(21(23)24-6-3)19(11-5-2)25-20(22)16-15-17-12-9-8-10-13-17/h8-10,12-13,15-16,18-19H,4-7,11,14H2,1-3H3/b16-15+. The van der Waals surface area contributed by atoms with Crippen LogP contribution in [0, 0.1) is 5.92 Å². The fourth-order valence-corrected chi connectivity index (χ4v) is 2.67. The average molecular weight is 346 g/mol. The fraction of sp³-hybridized carbons (Fsp3) is 0.524. The average Bonchev–Trinajstić information content (AvgIpc) is 2.61. The lowest BCUT2D eigenvalue weighted by atomic mass is 9.93. The van der Waals surface area contributed by atoms with Gasteiger partial charge in [0.15, 0.2) is 0 Å². The van der Waals surface area contributed by atoms with Crippen LogP contribution >= 0.6 is 0 Å². The van der Waals surface area contributed by atoms with Gasteiger partial charge in [0.05, 0.1) is 12.5 Å². The number of rotatable bonds is 11. The second kappa shape index (κ2) is 12.3. The highest BCUT2D eigenvalue weighted by Gasteiger charge is 2.31. The first-order valence-electron chi connectivity index (χ1n) is 9.22. The largest absolute Gasteiger partial charge is 0.466 e. The summed E-state index contributed by atoms with van der Waals surface area (Å²) in [6.07, 6.45) is 6.74. The third-order valence-corrected chi connectivity index (χ3v) is 3.96. The molecule has 0 saturated heterocycles. The van der Waals surface area contributed by atoms with Crippen LogP contribution in [0.2, 0.25) is 0 Å². The molecule has 0 aliphatic rings. The molecule has 1 aromatic carbocycles.